The third kappa shape index (κ3) is 4.48. The Morgan fingerprint density at radius 3 is 2.25 bits per heavy atom. The molecule has 1 aromatic rings. The van der Waals surface area contributed by atoms with Crippen LogP contribution in [0.2, 0.25) is 0 Å². The summed E-state index contributed by atoms with van der Waals surface area (Å²) in [5.41, 5.74) is -0.896. The van der Waals surface area contributed by atoms with E-state index in [9.17, 15) is 36.2 Å². The first-order valence-electron chi connectivity index (χ1n) is 4.89. The van der Waals surface area contributed by atoms with E-state index in [4.69, 9.17) is 0 Å². The van der Waals surface area contributed by atoms with Gasteiger partial charge in [-0.1, -0.05) is 0 Å². The monoisotopic (exact) mass is 300 g/mol. The zero-order valence-electron chi connectivity index (χ0n) is 9.47. The molecule has 1 aromatic carbocycles. The van der Waals surface area contributed by atoms with Crippen LogP contribution in [0.4, 0.5) is 26.3 Å². The fourth-order valence-corrected chi connectivity index (χ4v) is 1.10. The molecule has 20 heavy (non-hydrogen) atoms. The Labute approximate surface area is 108 Å². The fourth-order valence-electron chi connectivity index (χ4n) is 1.10. The van der Waals surface area contributed by atoms with Crippen molar-refractivity contribution in [1.82, 2.24) is 0 Å². The number of halogens is 6. The molecule has 0 aliphatic carbocycles. The third-order valence-corrected chi connectivity index (χ3v) is 1.92. The van der Waals surface area contributed by atoms with Gasteiger partial charge >= 0.3 is 12.1 Å². The summed E-state index contributed by atoms with van der Waals surface area (Å²) >= 11 is 0. The first-order valence-corrected chi connectivity index (χ1v) is 4.89. The molecule has 0 aromatic heterocycles. The molecule has 3 nitrogen and oxygen atoms in total. The molecule has 0 unspecified atom stereocenters. The molecule has 0 spiro atoms. The van der Waals surface area contributed by atoms with E-state index in [0.29, 0.717) is 0 Å². The van der Waals surface area contributed by atoms with Gasteiger partial charge in [0.25, 0.3) is 0 Å². The lowest BCUT2D eigenvalue weighted by molar-refractivity contribution is -0.182. The molecule has 0 fully saturated rings. The van der Waals surface area contributed by atoms with Crippen molar-refractivity contribution in [2.24, 2.45) is 0 Å². The number of ether oxygens (including phenoxy) is 1. The summed E-state index contributed by atoms with van der Waals surface area (Å²) in [6.07, 6.45) is -4.66. The van der Waals surface area contributed by atoms with E-state index >= 15 is 0 Å². The van der Waals surface area contributed by atoms with Gasteiger partial charge in [0.05, 0.1) is 11.6 Å². The zero-order valence-corrected chi connectivity index (χ0v) is 9.47. The quantitative estimate of drug-likeness (QED) is 0.307. The van der Waals surface area contributed by atoms with Gasteiger partial charge in [0, 0.05) is 6.07 Å². The molecule has 0 bridgehead atoms. The van der Waals surface area contributed by atoms with Crippen LogP contribution in [-0.4, -0.2) is 23.9 Å². The van der Waals surface area contributed by atoms with Crippen molar-refractivity contribution in [3.05, 3.63) is 41.2 Å². The second-order valence-corrected chi connectivity index (χ2v) is 3.50. The highest BCUT2D eigenvalue weighted by Gasteiger charge is 2.29. The van der Waals surface area contributed by atoms with Gasteiger partial charge in [0.2, 0.25) is 0 Å². The molecular formula is C11H6F6O3. The minimum atomic E-state index is -4.77. The van der Waals surface area contributed by atoms with E-state index in [1.807, 2.05) is 0 Å². The Morgan fingerprint density at radius 2 is 1.70 bits per heavy atom. The highest BCUT2D eigenvalue weighted by molar-refractivity contribution is 5.89. The van der Waals surface area contributed by atoms with E-state index < -0.39 is 47.5 Å². The predicted molar refractivity (Wildman–Crippen MR) is 53.9 cm³/mol. The highest BCUT2D eigenvalue weighted by atomic mass is 19.4. The average Bonchev–Trinajstić information content (AvgIpc) is 2.30. The van der Waals surface area contributed by atoms with Crippen molar-refractivity contribution in [2.75, 3.05) is 6.61 Å². The second kappa shape index (κ2) is 5.85. The number of benzene rings is 1. The number of hydrogen-bond donors (Lipinski definition) is 1. The van der Waals surface area contributed by atoms with Crippen LogP contribution in [0.5, 0.6) is 0 Å². The van der Waals surface area contributed by atoms with Gasteiger partial charge < -0.3 is 9.84 Å². The lowest BCUT2D eigenvalue weighted by Crippen LogP contribution is -2.19. The van der Waals surface area contributed by atoms with Crippen LogP contribution in [0, 0.1) is 17.5 Å². The topological polar surface area (TPSA) is 46.5 Å². The Kier molecular flexibility index (Phi) is 4.64. The Balaban J connectivity index is 2.89. The van der Waals surface area contributed by atoms with Gasteiger partial charge in [-0.2, -0.15) is 13.2 Å². The van der Waals surface area contributed by atoms with Gasteiger partial charge in [0.15, 0.2) is 18.2 Å². The van der Waals surface area contributed by atoms with Crippen LogP contribution in [0.1, 0.15) is 5.56 Å². The maximum atomic E-state index is 13.2. The summed E-state index contributed by atoms with van der Waals surface area (Å²) in [5.74, 6) is -7.26. The molecule has 0 heterocycles. The van der Waals surface area contributed by atoms with Gasteiger partial charge in [-0.05, 0) is 6.07 Å². The van der Waals surface area contributed by atoms with Gasteiger partial charge in [-0.3, -0.25) is 0 Å². The van der Waals surface area contributed by atoms with E-state index in [0.717, 1.165) is 0 Å². The van der Waals surface area contributed by atoms with Crippen LogP contribution in [0.15, 0.2) is 18.2 Å². The lowest BCUT2D eigenvalue weighted by atomic mass is 10.1. The maximum absolute atomic E-state index is 13.2. The van der Waals surface area contributed by atoms with E-state index in [-0.39, 0.29) is 18.2 Å². The fraction of sp³-hybridized carbons (Fsp3) is 0.182. The number of rotatable bonds is 3. The third-order valence-electron chi connectivity index (χ3n) is 1.92. The number of hydrogen-bond acceptors (Lipinski definition) is 3. The van der Waals surface area contributed by atoms with Crippen LogP contribution in [0.3, 0.4) is 0 Å². The summed E-state index contributed by atoms with van der Waals surface area (Å²) in [4.78, 5) is 10.9. The SMILES string of the molecule is O=C(C=C(O)c1cc(F)c(F)cc1F)OCC(F)(F)F. The molecule has 0 saturated carbocycles. The summed E-state index contributed by atoms with van der Waals surface area (Å²) in [6.45, 7) is -1.91. The van der Waals surface area contributed by atoms with E-state index in [1.165, 1.54) is 0 Å². The number of alkyl halides is 3. The molecule has 0 aliphatic rings. The normalized spacial score (nSPS) is 12.4. The second-order valence-electron chi connectivity index (χ2n) is 3.50. The molecule has 0 atom stereocenters. The summed E-state index contributed by atoms with van der Waals surface area (Å²) in [7, 11) is 0. The Bertz CT molecular complexity index is 550. The summed E-state index contributed by atoms with van der Waals surface area (Å²) < 4.78 is 77.5. The van der Waals surface area contributed by atoms with Crippen LogP contribution in [-0.2, 0) is 9.53 Å². The van der Waals surface area contributed by atoms with Crippen molar-refractivity contribution in [3.63, 3.8) is 0 Å². The molecular weight excluding hydrogens is 294 g/mol. The number of aliphatic hydroxyl groups excluding tert-OH is 1. The number of carbonyl (C=O) groups is 1. The van der Waals surface area contributed by atoms with E-state index in [1.54, 1.807) is 0 Å². The van der Waals surface area contributed by atoms with Crippen molar-refractivity contribution in [2.45, 2.75) is 6.18 Å². The molecule has 0 aliphatic heterocycles. The first-order chi connectivity index (χ1) is 9.10. The molecule has 1 rings (SSSR count). The zero-order chi connectivity index (χ0) is 15.5. The van der Waals surface area contributed by atoms with Crippen molar-refractivity contribution in [3.8, 4) is 0 Å². The van der Waals surface area contributed by atoms with Crippen molar-refractivity contribution in [1.29, 1.82) is 0 Å². The largest absolute Gasteiger partial charge is 0.507 e. The molecule has 110 valence electrons. The minimum absolute atomic E-state index is 0.107. The summed E-state index contributed by atoms with van der Waals surface area (Å²) in [6, 6.07) is 0.351. The standard InChI is InChI=1S/C11H6F6O3/c12-6-2-8(14)7(13)1-5(6)9(18)3-10(19)20-4-11(15,16)17/h1-3,18H,4H2. The highest BCUT2D eigenvalue weighted by Crippen LogP contribution is 2.20. The number of esters is 1. The molecule has 0 saturated heterocycles. The Morgan fingerprint density at radius 1 is 1.15 bits per heavy atom. The number of aliphatic hydroxyl groups is 1. The van der Waals surface area contributed by atoms with Gasteiger partial charge in [-0.15, -0.1) is 0 Å². The van der Waals surface area contributed by atoms with E-state index in [2.05, 4.69) is 4.74 Å². The van der Waals surface area contributed by atoms with Gasteiger partial charge in [-0.25, -0.2) is 18.0 Å². The molecule has 0 amide bonds. The maximum Gasteiger partial charge on any atom is 0.422 e. The number of carbonyl (C=O) groups excluding carboxylic acids is 1. The van der Waals surface area contributed by atoms with Crippen molar-refractivity contribution >= 4 is 11.7 Å². The molecule has 1 N–H and O–H groups in total. The smallest absolute Gasteiger partial charge is 0.422 e. The Hall–Kier alpha value is -2.19. The molecule has 0 radical (unpaired) electrons. The van der Waals surface area contributed by atoms with Crippen LogP contribution in [0.25, 0.3) is 5.76 Å². The lowest BCUT2D eigenvalue weighted by Gasteiger charge is -2.06. The first kappa shape index (κ1) is 15.9. The predicted octanol–water partition coefficient (Wildman–Crippen LogP) is 3.11. The van der Waals surface area contributed by atoms with Gasteiger partial charge in [0.1, 0.15) is 11.6 Å². The average molecular weight is 300 g/mol. The minimum Gasteiger partial charge on any atom is -0.507 e. The molecule has 9 heteroatoms. The summed E-state index contributed by atoms with van der Waals surface area (Å²) in [5, 5.41) is 9.27. The van der Waals surface area contributed by atoms with Crippen LogP contribution < -0.4 is 0 Å². The van der Waals surface area contributed by atoms with Crippen molar-refractivity contribution < 1.29 is 41.0 Å². The van der Waals surface area contributed by atoms with Crippen LogP contribution >= 0.6 is 0 Å².